The predicted octanol–water partition coefficient (Wildman–Crippen LogP) is 4.13. The number of aryl methyl sites for hydroxylation is 2. The molecule has 0 unspecified atom stereocenters. The molecular formula is C15H18O. The van der Waals surface area contributed by atoms with Gasteiger partial charge in [0.05, 0.1) is 0 Å². The van der Waals surface area contributed by atoms with E-state index >= 15 is 0 Å². The predicted molar refractivity (Wildman–Crippen MR) is 66.7 cm³/mol. The van der Waals surface area contributed by atoms with Crippen molar-refractivity contribution in [1.29, 1.82) is 0 Å². The molecular weight excluding hydrogens is 196 g/mol. The van der Waals surface area contributed by atoms with Crippen molar-refractivity contribution in [3.8, 4) is 0 Å². The van der Waals surface area contributed by atoms with Crippen LogP contribution in [-0.2, 0) is 12.8 Å². The Morgan fingerprint density at radius 3 is 2.19 bits per heavy atom. The molecule has 0 bridgehead atoms. The minimum absolute atomic E-state index is 0.889. The van der Waals surface area contributed by atoms with Gasteiger partial charge in [-0.05, 0) is 36.6 Å². The summed E-state index contributed by atoms with van der Waals surface area (Å²) in [6.45, 7) is 4.19. The summed E-state index contributed by atoms with van der Waals surface area (Å²) >= 11 is 0. The lowest BCUT2D eigenvalue weighted by Gasteiger charge is -2.01. The van der Waals surface area contributed by atoms with E-state index in [1.165, 1.54) is 24.0 Å². The highest BCUT2D eigenvalue weighted by Crippen LogP contribution is 2.14. The number of furan rings is 1. The van der Waals surface area contributed by atoms with Crippen molar-refractivity contribution in [2.75, 3.05) is 0 Å². The third-order valence-electron chi connectivity index (χ3n) is 2.74. The Kier molecular flexibility index (Phi) is 3.45. The van der Waals surface area contributed by atoms with Crippen molar-refractivity contribution in [3.63, 3.8) is 0 Å². The van der Waals surface area contributed by atoms with Gasteiger partial charge in [-0.25, -0.2) is 0 Å². The van der Waals surface area contributed by atoms with Gasteiger partial charge in [0.15, 0.2) is 0 Å². The van der Waals surface area contributed by atoms with Gasteiger partial charge in [-0.1, -0.05) is 37.6 Å². The van der Waals surface area contributed by atoms with Crippen LogP contribution in [0.3, 0.4) is 0 Å². The van der Waals surface area contributed by atoms with Gasteiger partial charge in [-0.15, -0.1) is 0 Å². The van der Waals surface area contributed by atoms with Crippen LogP contribution in [0.2, 0.25) is 0 Å². The summed E-state index contributed by atoms with van der Waals surface area (Å²) in [6.07, 6.45) is 3.26. The van der Waals surface area contributed by atoms with Crippen molar-refractivity contribution >= 4 is 0 Å². The summed E-state index contributed by atoms with van der Waals surface area (Å²) in [7, 11) is 0. The molecule has 0 spiro atoms. The van der Waals surface area contributed by atoms with Gasteiger partial charge in [0.2, 0.25) is 0 Å². The summed E-state index contributed by atoms with van der Waals surface area (Å²) < 4.78 is 5.57. The molecule has 2 aromatic rings. The van der Waals surface area contributed by atoms with Crippen LogP contribution >= 0.6 is 0 Å². The fourth-order valence-electron chi connectivity index (χ4n) is 1.89. The zero-order valence-electron chi connectivity index (χ0n) is 9.99. The molecule has 0 fully saturated rings. The van der Waals surface area contributed by atoms with Crippen LogP contribution in [0.5, 0.6) is 0 Å². The average molecular weight is 214 g/mol. The van der Waals surface area contributed by atoms with E-state index in [0.717, 1.165) is 17.9 Å². The summed E-state index contributed by atoms with van der Waals surface area (Å²) in [6, 6.07) is 12.9. The van der Waals surface area contributed by atoms with Crippen LogP contribution in [0, 0.1) is 6.92 Å². The second kappa shape index (κ2) is 5.02. The van der Waals surface area contributed by atoms with Crippen LogP contribution in [0.15, 0.2) is 40.8 Å². The maximum Gasteiger partial charge on any atom is 0.108 e. The van der Waals surface area contributed by atoms with Gasteiger partial charge in [-0.3, -0.25) is 0 Å². The van der Waals surface area contributed by atoms with Crippen LogP contribution in [0.25, 0.3) is 0 Å². The van der Waals surface area contributed by atoms with E-state index in [4.69, 9.17) is 4.42 Å². The van der Waals surface area contributed by atoms with E-state index in [2.05, 4.69) is 37.3 Å². The zero-order chi connectivity index (χ0) is 11.4. The highest BCUT2D eigenvalue weighted by molar-refractivity contribution is 5.26. The van der Waals surface area contributed by atoms with Gasteiger partial charge in [0.1, 0.15) is 11.5 Å². The molecule has 1 heteroatoms. The summed E-state index contributed by atoms with van der Waals surface area (Å²) in [5.74, 6) is 2.03. The molecule has 0 amide bonds. The Balaban J connectivity index is 2.05. The maximum atomic E-state index is 5.57. The Hall–Kier alpha value is -1.50. The lowest BCUT2D eigenvalue weighted by molar-refractivity contribution is 0.493. The van der Waals surface area contributed by atoms with Gasteiger partial charge in [0, 0.05) is 6.42 Å². The second-order valence-corrected chi connectivity index (χ2v) is 4.26. The lowest BCUT2D eigenvalue weighted by atomic mass is 10.1. The van der Waals surface area contributed by atoms with Crippen molar-refractivity contribution in [2.24, 2.45) is 0 Å². The SMILES string of the molecule is CCCc1ccc(Cc2ccc(C)o2)cc1. The van der Waals surface area contributed by atoms with E-state index in [-0.39, 0.29) is 0 Å². The first-order valence-electron chi connectivity index (χ1n) is 5.91. The Morgan fingerprint density at radius 1 is 0.938 bits per heavy atom. The van der Waals surface area contributed by atoms with E-state index < -0.39 is 0 Å². The van der Waals surface area contributed by atoms with Crippen LogP contribution in [0.1, 0.15) is 36.0 Å². The van der Waals surface area contributed by atoms with Gasteiger partial charge in [-0.2, -0.15) is 0 Å². The largest absolute Gasteiger partial charge is 0.466 e. The summed E-state index contributed by atoms with van der Waals surface area (Å²) in [5.41, 5.74) is 2.73. The molecule has 0 aliphatic heterocycles. The fourth-order valence-corrected chi connectivity index (χ4v) is 1.89. The normalized spacial score (nSPS) is 10.6. The molecule has 16 heavy (non-hydrogen) atoms. The molecule has 1 aromatic heterocycles. The molecule has 84 valence electrons. The molecule has 1 heterocycles. The van der Waals surface area contributed by atoms with Crippen molar-refractivity contribution < 1.29 is 4.42 Å². The van der Waals surface area contributed by atoms with E-state index in [9.17, 15) is 0 Å². The number of benzene rings is 1. The van der Waals surface area contributed by atoms with E-state index in [1.807, 2.05) is 13.0 Å². The standard InChI is InChI=1S/C15H18O/c1-3-4-13-6-8-14(9-7-13)11-15-10-5-12(2)16-15/h5-10H,3-4,11H2,1-2H3. The summed E-state index contributed by atoms with van der Waals surface area (Å²) in [4.78, 5) is 0. The van der Waals surface area contributed by atoms with Gasteiger partial charge < -0.3 is 4.42 Å². The molecule has 0 saturated heterocycles. The Morgan fingerprint density at radius 2 is 1.62 bits per heavy atom. The first-order valence-corrected chi connectivity index (χ1v) is 5.91. The van der Waals surface area contributed by atoms with Crippen LogP contribution in [-0.4, -0.2) is 0 Å². The molecule has 0 N–H and O–H groups in total. The maximum absolute atomic E-state index is 5.57. The third kappa shape index (κ3) is 2.75. The quantitative estimate of drug-likeness (QED) is 0.745. The fraction of sp³-hybridized carbons (Fsp3) is 0.333. The minimum Gasteiger partial charge on any atom is -0.466 e. The van der Waals surface area contributed by atoms with E-state index in [0.29, 0.717) is 0 Å². The third-order valence-corrected chi connectivity index (χ3v) is 2.74. The lowest BCUT2D eigenvalue weighted by Crippen LogP contribution is -1.88. The minimum atomic E-state index is 0.889. The average Bonchev–Trinajstić information content (AvgIpc) is 2.67. The zero-order valence-corrected chi connectivity index (χ0v) is 9.99. The molecule has 0 aliphatic rings. The number of hydrogen-bond donors (Lipinski definition) is 0. The number of hydrogen-bond acceptors (Lipinski definition) is 1. The first kappa shape index (κ1) is 11.0. The molecule has 2 rings (SSSR count). The molecule has 1 aromatic carbocycles. The Labute approximate surface area is 97.1 Å². The van der Waals surface area contributed by atoms with Crippen molar-refractivity contribution in [1.82, 2.24) is 0 Å². The van der Waals surface area contributed by atoms with Gasteiger partial charge in [0.25, 0.3) is 0 Å². The first-order chi connectivity index (χ1) is 7.78. The smallest absolute Gasteiger partial charge is 0.108 e. The van der Waals surface area contributed by atoms with Gasteiger partial charge >= 0.3 is 0 Å². The molecule has 1 nitrogen and oxygen atoms in total. The van der Waals surface area contributed by atoms with E-state index in [1.54, 1.807) is 0 Å². The van der Waals surface area contributed by atoms with Crippen LogP contribution in [0.4, 0.5) is 0 Å². The van der Waals surface area contributed by atoms with Crippen molar-refractivity contribution in [3.05, 3.63) is 59.0 Å². The molecule has 0 radical (unpaired) electrons. The topological polar surface area (TPSA) is 13.1 Å². The number of rotatable bonds is 4. The van der Waals surface area contributed by atoms with Crippen molar-refractivity contribution in [2.45, 2.75) is 33.1 Å². The monoisotopic (exact) mass is 214 g/mol. The molecule has 0 atom stereocenters. The molecule has 0 saturated carbocycles. The Bertz CT molecular complexity index is 437. The molecule has 0 aliphatic carbocycles. The highest BCUT2D eigenvalue weighted by atomic mass is 16.3. The summed E-state index contributed by atoms with van der Waals surface area (Å²) in [5, 5.41) is 0. The van der Waals surface area contributed by atoms with Crippen LogP contribution < -0.4 is 0 Å². The second-order valence-electron chi connectivity index (χ2n) is 4.26. The highest BCUT2D eigenvalue weighted by Gasteiger charge is 2.00.